The van der Waals surface area contributed by atoms with Crippen molar-refractivity contribution in [3.05, 3.63) is 0 Å². The van der Waals surface area contributed by atoms with Gasteiger partial charge in [-0.15, -0.1) is 0 Å². The number of amides is 1. The summed E-state index contributed by atoms with van der Waals surface area (Å²) in [5.41, 5.74) is 0.242. The topological polar surface area (TPSA) is 49.8 Å². The van der Waals surface area contributed by atoms with Gasteiger partial charge in [-0.1, -0.05) is 20.8 Å². The number of nitrogens with zero attached hydrogens (tertiary/aromatic N) is 1. The van der Waals surface area contributed by atoms with Crippen molar-refractivity contribution in [2.24, 2.45) is 11.3 Å². The van der Waals surface area contributed by atoms with Crippen molar-refractivity contribution >= 4 is 5.91 Å². The zero-order chi connectivity index (χ0) is 13.8. The molecule has 1 fully saturated rings. The number of likely N-dealkylation sites (tertiary alicyclic amines) is 1. The molecule has 0 aliphatic carbocycles. The monoisotopic (exact) mass is 257 g/mol. The van der Waals surface area contributed by atoms with Crippen LogP contribution in [0.3, 0.4) is 0 Å². The van der Waals surface area contributed by atoms with Crippen LogP contribution in [0.4, 0.5) is 0 Å². The summed E-state index contributed by atoms with van der Waals surface area (Å²) in [5.74, 6) is 0.714. The van der Waals surface area contributed by atoms with Gasteiger partial charge in [-0.05, 0) is 24.2 Å². The third-order valence-corrected chi connectivity index (χ3v) is 3.98. The predicted molar refractivity (Wildman–Crippen MR) is 71.3 cm³/mol. The standard InChI is InChI=1S/C14H27NO3/c1-14(2,3)11-5-6-13(17)15(8-7-11)12(9-16)10-18-4/h11-12,16H,5-10H2,1-4H3/t11-,12+/m1/s1. The van der Waals surface area contributed by atoms with Gasteiger partial charge in [-0.2, -0.15) is 0 Å². The van der Waals surface area contributed by atoms with Gasteiger partial charge >= 0.3 is 0 Å². The lowest BCUT2D eigenvalue weighted by Crippen LogP contribution is -2.45. The van der Waals surface area contributed by atoms with Crippen molar-refractivity contribution in [1.29, 1.82) is 0 Å². The van der Waals surface area contributed by atoms with Gasteiger partial charge in [0.15, 0.2) is 0 Å². The molecule has 1 rings (SSSR count). The van der Waals surface area contributed by atoms with Crippen LogP contribution in [0.1, 0.15) is 40.0 Å². The van der Waals surface area contributed by atoms with E-state index in [4.69, 9.17) is 4.74 Å². The molecule has 1 amide bonds. The largest absolute Gasteiger partial charge is 0.394 e. The zero-order valence-electron chi connectivity index (χ0n) is 12.1. The number of hydrogen-bond donors (Lipinski definition) is 1. The fourth-order valence-electron chi connectivity index (χ4n) is 2.69. The van der Waals surface area contributed by atoms with Crippen LogP contribution in [0.2, 0.25) is 0 Å². The summed E-state index contributed by atoms with van der Waals surface area (Å²) < 4.78 is 5.08. The summed E-state index contributed by atoms with van der Waals surface area (Å²) in [6.45, 7) is 7.81. The number of hydrogen-bond acceptors (Lipinski definition) is 3. The van der Waals surface area contributed by atoms with Gasteiger partial charge in [0.05, 0.1) is 19.3 Å². The second-order valence-corrected chi connectivity index (χ2v) is 6.27. The molecule has 4 nitrogen and oxygen atoms in total. The Hall–Kier alpha value is -0.610. The molecule has 1 saturated heterocycles. The van der Waals surface area contributed by atoms with Crippen LogP contribution in [0.5, 0.6) is 0 Å². The van der Waals surface area contributed by atoms with Crippen LogP contribution < -0.4 is 0 Å². The van der Waals surface area contributed by atoms with Crippen molar-refractivity contribution in [2.45, 2.75) is 46.1 Å². The minimum atomic E-state index is -0.193. The molecule has 0 aromatic carbocycles. The molecule has 1 N–H and O–H groups in total. The van der Waals surface area contributed by atoms with E-state index < -0.39 is 0 Å². The molecule has 0 unspecified atom stereocenters. The first-order chi connectivity index (χ1) is 8.40. The smallest absolute Gasteiger partial charge is 0.222 e. The average Bonchev–Trinajstić information content (AvgIpc) is 2.48. The quantitative estimate of drug-likeness (QED) is 0.833. The van der Waals surface area contributed by atoms with Crippen LogP contribution >= 0.6 is 0 Å². The average molecular weight is 257 g/mol. The van der Waals surface area contributed by atoms with Crippen LogP contribution in [-0.4, -0.2) is 48.8 Å². The Balaban J connectivity index is 2.69. The number of aliphatic hydroxyl groups is 1. The molecular weight excluding hydrogens is 230 g/mol. The lowest BCUT2D eigenvalue weighted by molar-refractivity contribution is -0.135. The number of carbonyl (C=O) groups excluding carboxylic acids is 1. The molecule has 4 heteroatoms. The second kappa shape index (κ2) is 6.53. The summed E-state index contributed by atoms with van der Waals surface area (Å²) in [6.07, 6.45) is 2.54. The highest BCUT2D eigenvalue weighted by Gasteiger charge is 2.32. The van der Waals surface area contributed by atoms with E-state index in [0.717, 1.165) is 19.4 Å². The van der Waals surface area contributed by atoms with Gasteiger partial charge in [-0.3, -0.25) is 4.79 Å². The van der Waals surface area contributed by atoms with Gasteiger partial charge in [-0.25, -0.2) is 0 Å². The number of rotatable bonds is 4. The van der Waals surface area contributed by atoms with Crippen LogP contribution in [-0.2, 0) is 9.53 Å². The molecule has 0 saturated carbocycles. The Bertz CT molecular complexity index is 273. The van der Waals surface area contributed by atoms with E-state index >= 15 is 0 Å². The van der Waals surface area contributed by atoms with E-state index in [1.807, 2.05) is 0 Å². The van der Waals surface area contributed by atoms with Gasteiger partial charge in [0.1, 0.15) is 0 Å². The number of methoxy groups -OCH3 is 1. The third kappa shape index (κ3) is 3.95. The van der Waals surface area contributed by atoms with E-state index in [1.54, 1.807) is 12.0 Å². The third-order valence-electron chi connectivity index (χ3n) is 3.98. The van der Waals surface area contributed by atoms with Crippen molar-refractivity contribution in [3.63, 3.8) is 0 Å². The van der Waals surface area contributed by atoms with E-state index in [-0.39, 0.29) is 24.0 Å². The van der Waals surface area contributed by atoms with Gasteiger partial charge in [0, 0.05) is 20.1 Å². The Morgan fingerprint density at radius 3 is 2.61 bits per heavy atom. The Morgan fingerprint density at radius 1 is 1.44 bits per heavy atom. The van der Waals surface area contributed by atoms with Crippen LogP contribution in [0.25, 0.3) is 0 Å². The molecular formula is C14H27NO3. The van der Waals surface area contributed by atoms with Crippen molar-refractivity contribution < 1.29 is 14.6 Å². The van der Waals surface area contributed by atoms with Crippen molar-refractivity contribution in [3.8, 4) is 0 Å². The van der Waals surface area contributed by atoms with Crippen LogP contribution in [0, 0.1) is 11.3 Å². The second-order valence-electron chi connectivity index (χ2n) is 6.27. The fourth-order valence-corrected chi connectivity index (χ4v) is 2.69. The normalized spacial score (nSPS) is 23.9. The highest BCUT2D eigenvalue weighted by Crippen LogP contribution is 2.34. The summed E-state index contributed by atoms with van der Waals surface area (Å²) in [5, 5.41) is 9.37. The summed E-state index contributed by atoms with van der Waals surface area (Å²) in [7, 11) is 1.60. The van der Waals surface area contributed by atoms with E-state index in [0.29, 0.717) is 18.9 Å². The Labute approximate surface area is 110 Å². The zero-order valence-corrected chi connectivity index (χ0v) is 12.1. The Morgan fingerprint density at radius 2 is 2.11 bits per heavy atom. The predicted octanol–water partition coefficient (Wildman–Crippen LogP) is 1.67. The van der Waals surface area contributed by atoms with E-state index in [9.17, 15) is 9.90 Å². The lowest BCUT2D eigenvalue weighted by Gasteiger charge is -2.31. The summed E-state index contributed by atoms with van der Waals surface area (Å²) in [6, 6.07) is -0.193. The molecule has 0 bridgehead atoms. The number of aliphatic hydroxyl groups excluding tert-OH is 1. The van der Waals surface area contributed by atoms with E-state index in [2.05, 4.69) is 20.8 Å². The highest BCUT2D eigenvalue weighted by molar-refractivity contribution is 5.76. The first kappa shape index (κ1) is 15.4. The first-order valence-corrected chi connectivity index (χ1v) is 6.79. The molecule has 106 valence electrons. The first-order valence-electron chi connectivity index (χ1n) is 6.79. The fraction of sp³-hybridized carbons (Fsp3) is 0.929. The van der Waals surface area contributed by atoms with E-state index in [1.165, 1.54) is 0 Å². The van der Waals surface area contributed by atoms with Crippen LogP contribution in [0.15, 0.2) is 0 Å². The van der Waals surface area contributed by atoms with Gasteiger partial charge in [0.2, 0.25) is 5.91 Å². The maximum absolute atomic E-state index is 12.1. The Kier molecular flexibility index (Phi) is 5.60. The molecule has 1 aliphatic heterocycles. The van der Waals surface area contributed by atoms with Crippen molar-refractivity contribution in [1.82, 2.24) is 4.90 Å². The molecule has 2 atom stereocenters. The molecule has 1 heterocycles. The maximum atomic E-state index is 12.1. The summed E-state index contributed by atoms with van der Waals surface area (Å²) >= 11 is 0. The molecule has 0 spiro atoms. The maximum Gasteiger partial charge on any atom is 0.222 e. The number of ether oxygens (including phenoxy) is 1. The minimum absolute atomic E-state index is 0.0280. The SMILES string of the molecule is COC[C@H](CO)N1CC[C@H](C(C)(C)C)CCC1=O. The van der Waals surface area contributed by atoms with Crippen molar-refractivity contribution in [2.75, 3.05) is 26.9 Å². The molecule has 1 aliphatic rings. The van der Waals surface area contributed by atoms with Gasteiger partial charge < -0.3 is 14.7 Å². The van der Waals surface area contributed by atoms with Gasteiger partial charge in [0.25, 0.3) is 0 Å². The molecule has 0 radical (unpaired) electrons. The minimum Gasteiger partial charge on any atom is -0.394 e. The lowest BCUT2D eigenvalue weighted by atomic mass is 9.77. The molecule has 18 heavy (non-hydrogen) atoms. The molecule has 0 aromatic rings. The number of carbonyl (C=O) groups is 1. The highest BCUT2D eigenvalue weighted by atomic mass is 16.5. The molecule has 0 aromatic heterocycles. The summed E-state index contributed by atoms with van der Waals surface area (Å²) in [4.78, 5) is 13.9.